The lowest BCUT2D eigenvalue weighted by Crippen LogP contribution is -2.37. The van der Waals surface area contributed by atoms with Crippen molar-refractivity contribution in [3.63, 3.8) is 0 Å². The lowest BCUT2D eigenvalue weighted by Gasteiger charge is -2.35. The number of nitrogens with zero attached hydrogens (tertiary/aromatic N) is 1. The first-order valence-corrected chi connectivity index (χ1v) is 8.93. The fourth-order valence-electron chi connectivity index (χ4n) is 3.80. The van der Waals surface area contributed by atoms with Gasteiger partial charge in [-0.05, 0) is 63.1 Å². The van der Waals surface area contributed by atoms with Crippen molar-refractivity contribution in [1.82, 2.24) is 4.90 Å². The molecule has 1 rings (SSSR count). The molecule has 1 aliphatic carbocycles. The summed E-state index contributed by atoms with van der Waals surface area (Å²) < 4.78 is 0. The van der Waals surface area contributed by atoms with Crippen LogP contribution >= 0.6 is 0 Å². The van der Waals surface area contributed by atoms with E-state index in [0.29, 0.717) is 5.41 Å². The molecule has 0 saturated heterocycles. The molecule has 1 fully saturated rings. The van der Waals surface area contributed by atoms with Crippen LogP contribution in [-0.2, 0) is 0 Å². The summed E-state index contributed by atoms with van der Waals surface area (Å²) in [4.78, 5) is 2.74. The molecule has 0 aromatic rings. The number of hydrogen-bond donors (Lipinski definition) is 1. The SMILES string of the molecule is CCN(CCCC(CCN)C(C)(C)C)C1CCCCC1. The number of rotatable bonds is 8. The zero-order valence-electron chi connectivity index (χ0n) is 14.5. The fourth-order valence-corrected chi connectivity index (χ4v) is 3.80. The van der Waals surface area contributed by atoms with E-state index >= 15 is 0 Å². The van der Waals surface area contributed by atoms with Gasteiger partial charge in [-0.1, -0.05) is 47.0 Å². The zero-order valence-corrected chi connectivity index (χ0v) is 14.5. The Morgan fingerprint density at radius 2 is 1.75 bits per heavy atom. The van der Waals surface area contributed by atoms with Gasteiger partial charge in [0.05, 0.1) is 0 Å². The highest BCUT2D eigenvalue weighted by Gasteiger charge is 2.24. The van der Waals surface area contributed by atoms with Gasteiger partial charge in [-0.15, -0.1) is 0 Å². The maximum atomic E-state index is 5.79. The van der Waals surface area contributed by atoms with Crippen molar-refractivity contribution < 1.29 is 0 Å². The maximum Gasteiger partial charge on any atom is 0.00951 e. The predicted octanol–water partition coefficient (Wildman–Crippen LogP) is 4.43. The van der Waals surface area contributed by atoms with Crippen LogP contribution in [0, 0.1) is 11.3 Å². The van der Waals surface area contributed by atoms with E-state index in [-0.39, 0.29) is 0 Å². The number of hydrogen-bond acceptors (Lipinski definition) is 2. The van der Waals surface area contributed by atoms with Crippen LogP contribution in [0.25, 0.3) is 0 Å². The first kappa shape index (κ1) is 18.0. The molecular formula is C18H38N2. The van der Waals surface area contributed by atoms with Crippen LogP contribution < -0.4 is 5.73 Å². The van der Waals surface area contributed by atoms with Crippen LogP contribution in [0.1, 0.15) is 79.1 Å². The highest BCUT2D eigenvalue weighted by Crippen LogP contribution is 2.32. The van der Waals surface area contributed by atoms with Crippen molar-refractivity contribution in [2.24, 2.45) is 17.1 Å². The lowest BCUT2D eigenvalue weighted by molar-refractivity contribution is 0.146. The summed E-state index contributed by atoms with van der Waals surface area (Å²) in [7, 11) is 0. The molecule has 0 heterocycles. The van der Waals surface area contributed by atoms with Crippen LogP contribution in [0.4, 0.5) is 0 Å². The molecule has 1 unspecified atom stereocenters. The van der Waals surface area contributed by atoms with Crippen LogP contribution in [-0.4, -0.2) is 30.6 Å². The quantitative estimate of drug-likeness (QED) is 0.713. The van der Waals surface area contributed by atoms with E-state index in [1.54, 1.807) is 0 Å². The third kappa shape index (κ3) is 6.13. The fraction of sp³-hybridized carbons (Fsp3) is 1.00. The van der Waals surface area contributed by atoms with Gasteiger partial charge in [0.25, 0.3) is 0 Å². The summed E-state index contributed by atoms with van der Waals surface area (Å²) in [5.41, 5.74) is 6.19. The van der Waals surface area contributed by atoms with E-state index in [0.717, 1.165) is 18.5 Å². The lowest BCUT2D eigenvalue weighted by atomic mass is 9.76. The molecule has 0 aromatic carbocycles. The van der Waals surface area contributed by atoms with Crippen molar-refractivity contribution in [1.29, 1.82) is 0 Å². The molecule has 0 spiro atoms. The summed E-state index contributed by atoms with van der Waals surface area (Å²) in [6.07, 6.45) is 11.1. The second-order valence-electron chi connectivity index (χ2n) is 7.70. The third-order valence-corrected chi connectivity index (χ3v) is 5.24. The Morgan fingerprint density at radius 3 is 2.25 bits per heavy atom. The summed E-state index contributed by atoms with van der Waals surface area (Å²) in [6, 6.07) is 0.872. The molecule has 0 amide bonds. The Bertz CT molecular complexity index is 238. The van der Waals surface area contributed by atoms with Gasteiger partial charge in [-0.2, -0.15) is 0 Å². The highest BCUT2D eigenvalue weighted by atomic mass is 15.1. The second kappa shape index (κ2) is 9.04. The zero-order chi connectivity index (χ0) is 15.0. The normalized spacial score (nSPS) is 19.5. The van der Waals surface area contributed by atoms with E-state index in [4.69, 9.17) is 5.73 Å². The van der Waals surface area contributed by atoms with Crippen molar-refractivity contribution in [3.8, 4) is 0 Å². The van der Waals surface area contributed by atoms with Crippen molar-refractivity contribution in [3.05, 3.63) is 0 Å². The molecule has 0 aliphatic heterocycles. The van der Waals surface area contributed by atoms with Crippen molar-refractivity contribution in [2.75, 3.05) is 19.6 Å². The molecule has 2 N–H and O–H groups in total. The van der Waals surface area contributed by atoms with E-state index < -0.39 is 0 Å². The molecular weight excluding hydrogens is 244 g/mol. The van der Waals surface area contributed by atoms with Crippen LogP contribution in [0.3, 0.4) is 0 Å². The predicted molar refractivity (Wildman–Crippen MR) is 90.0 cm³/mol. The third-order valence-electron chi connectivity index (χ3n) is 5.24. The first-order valence-electron chi connectivity index (χ1n) is 8.93. The highest BCUT2D eigenvalue weighted by molar-refractivity contribution is 4.78. The van der Waals surface area contributed by atoms with Gasteiger partial charge in [-0.3, -0.25) is 0 Å². The van der Waals surface area contributed by atoms with Crippen LogP contribution in [0.5, 0.6) is 0 Å². The molecule has 0 radical (unpaired) electrons. The average molecular weight is 283 g/mol. The molecule has 1 saturated carbocycles. The Balaban J connectivity index is 2.35. The van der Waals surface area contributed by atoms with Gasteiger partial charge >= 0.3 is 0 Å². The molecule has 0 bridgehead atoms. The standard InChI is InChI=1S/C18H38N2/c1-5-20(17-11-7-6-8-12-17)15-9-10-16(13-14-19)18(2,3)4/h16-17H,5-15,19H2,1-4H3. The minimum atomic E-state index is 0.404. The minimum Gasteiger partial charge on any atom is -0.330 e. The van der Waals surface area contributed by atoms with E-state index in [1.165, 1.54) is 64.5 Å². The van der Waals surface area contributed by atoms with Crippen molar-refractivity contribution in [2.45, 2.75) is 85.1 Å². The van der Waals surface area contributed by atoms with Gasteiger partial charge in [-0.25, -0.2) is 0 Å². The monoisotopic (exact) mass is 282 g/mol. The summed E-state index contributed by atoms with van der Waals surface area (Å²) in [6.45, 7) is 12.8. The smallest absolute Gasteiger partial charge is 0.00951 e. The Kier molecular flexibility index (Phi) is 8.13. The van der Waals surface area contributed by atoms with Crippen molar-refractivity contribution >= 4 is 0 Å². The first-order chi connectivity index (χ1) is 9.49. The van der Waals surface area contributed by atoms with Gasteiger partial charge < -0.3 is 10.6 Å². The summed E-state index contributed by atoms with van der Waals surface area (Å²) >= 11 is 0. The van der Waals surface area contributed by atoms with Crippen LogP contribution in [0.15, 0.2) is 0 Å². The van der Waals surface area contributed by atoms with Crippen LogP contribution in [0.2, 0.25) is 0 Å². The summed E-state index contributed by atoms with van der Waals surface area (Å²) in [5.74, 6) is 0.776. The molecule has 120 valence electrons. The molecule has 2 nitrogen and oxygen atoms in total. The largest absolute Gasteiger partial charge is 0.330 e. The summed E-state index contributed by atoms with van der Waals surface area (Å²) in [5, 5.41) is 0. The topological polar surface area (TPSA) is 29.3 Å². The molecule has 0 aromatic heterocycles. The van der Waals surface area contributed by atoms with E-state index in [1.807, 2.05) is 0 Å². The average Bonchev–Trinajstić information content (AvgIpc) is 2.42. The molecule has 1 atom stereocenters. The Morgan fingerprint density at radius 1 is 1.10 bits per heavy atom. The molecule has 1 aliphatic rings. The molecule has 20 heavy (non-hydrogen) atoms. The number of nitrogens with two attached hydrogens (primary N) is 1. The van der Waals surface area contributed by atoms with Gasteiger partial charge in [0, 0.05) is 6.04 Å². The van der Waals surface area contributed by atoms with Gasteiger partial charge in [0.2, 0.25) is 0 Å². The van der Waals surface area contributed by atoms with Gasteiger partial charge in [0.15, 0.2) is 0 Å². The minimum absolute atomic E-state index is 0.404. The maximum absolute atomic E-state index is 5.79. The molecule has 2 heteroatoms. The second-order valence-corrected chi connectivity index (χ2v) is 7.70. The Hall–Kier alpha value is -0.0800. The van der Waals surface area contributed by atoms with E-state index in [9.17, 15) is 0 Å². The van der Waals surface area contributed by atoms with E-state index in [2.05, 4.69) is 32.6 Å². The Labute approximate surface area is 127 Å². The van der Waals surface area contributed by atoms with Gasteiger partial charge in [0.1, 0.15) is 0 Å².